The highest BCUT2D eigenvalue weighted by atomic mass is 32.1. The number of nitrogen functional groups attached to an aromatic ring is 1. The van der Waals surface area contributed by atoms with Gasteiger partial charge in [0.25, 0.3) is 5.91 Å². The molecule has 7 nitrogen and oxygen atoms in total. The Morgan fingerprint density at radius 3 is 2.79 bits per heavy atom. The SMILES string of the molecule is CNC1CN(c2ccc3c(n2)CCC(NC(=O)c2sc4nc(C)sc4c2N)C3)CC1C(F)F. The molecular weight excluding hydrogens is 466 g/mol. The molecule has 0 radical (unpaired) electrons. The van der Waals surface area contributed by atoms with E-state index >= 15 is 0 Å². The summed E-state index contributed by atoms with van der Waals surface area (Å²) in [6.07, 6.45) is -0.178. The molecule has 176 valence electrons. The predicted octanol–water partition coefficient (Wildman–Crippen LogP) is 3.22. The molecule has 1 aliphatic carbocycles. The molecule has 1 saturated heterocycles. The van der Waals surface area contributed by atoms with E-state index in [4.69, 9.17) is 10.7 Å². The van der Waals surface area contributed by atoms with Crippen molar-refractivity contribution in [2.45, 2.75) is 44.7 Å². The highest BCUT2D eigenvalue weighted by molar-refractivity contribution is 7.29. The summed E-state index contributed by atoms with van der Waals surface area (Å²) in [5.41, 5.74) is 8.79. The van der Waals surface area contributed by atoms with E-state index in [1.54, 1.807) is 7.05 Å². The van der Waals surface area contributed by atoms with E-state index in [0.29, 0.717) is 30.1 Å². The summed E-state index contributed by atoms with van der Waals surface area (Å²) in [4.78, 5) is 25.4. The first-order valence-corrected chi connectivity index (χ1v) is 12.6. The van der Waals surface area contributed by atoms with Crippen molar-refractivity contribution in [3.05, 3.63) is 33.3 Å². The molecule has 4 N–H and O–H groups in total. The van der Waals surface area contributed by atoms with Gasteiger partial charge in [0.05, 0.1) is 21.3 Å². The van der Waals surface area contributed by atoms with Crippen LogP contribution in [0, 0.1) is 12.8 Å². The van der Waals surface area contributed by atoms with Crippen molar-refractivity contribution in [3.63, 3.8) is 0 Å². The average molecular weight is 493 g/mol. The standard InChI is InChI=1S/C22H26F2N6OS2/c1-10-27-22-19(32-10)17(25)18(33-22)21(31)28-12-4-5-14-11(7-12)3-6-16(29-14)30-8-13(20(23)24)15(9-30)26-2/h3,6,12-13,15,20,26H,4-5,7-9,25H2,1-2H3,(H,28,31). The molecule has 0 bridgehead atoms. The summed E-state index contributed by atoms with van der Waals surface area (Å²) in [5.74, 6) is -0.119. The van der Waals surface area contributed by atoms with Crippen molar-refractivity contribution in [3.8, 4) is 0 Å². The van der Waals surface area contributed by atoms with E-state index in [2.05, 4.69) is 15.6 Å². The van der Waals surface area contributed by atoms with E-state index in [-0.39, 0.29) is 18.0 Å². The lowest BCUT2D eigenvalue weighted by molar-refractivity contribution is 0.0753. The molecule has 33 heavy (non-hydrogen) atoms. The second kappa shape index (κ2) is 8.77. The number of amides is 1. The summed E-state index contributed by atoms with van der Waals surface area (Å²) in [6.45, 7) is 2.74. The molecule has 1 aliphatic heterocycles. The maximum Gasteiger partial charge on any atom is 0.263 e. The number of alkyl halides is 2. The van der Waals surface area contributed by atoms with E-state index in [1.165, 1.54) is 22.7 Å². The van der Waals surface area contributed by atoms with Gasteiger partial charge in [0, 0.05) is 30.9 Å². The summed E-state index contributed by atoms with van der Waals surface area (Å²) in [5, 5.41) is 7.07. The quantitative estimate of drug-likeness (QED) is 0.506. The van der Waals surface area contributed by atoms with Crippen LogP contribution >= 0.6 is 22.7 Å². The number of pyridine rings is 1. The van der Waals surface area contributed by atoms with Crippen molar-refractivity contribution >= 4 is 49.6 Å². The van der Waals surface area contributed by atoms with Crippen LogP contribution in [0.15, 0.2) is 12.1 Å². The van der Waals surface area contributed by atoms with Gasteiger partial charge in [-0.2, -0.15) is 0 Å². The lowest BCUT2D eigenvalue weighted by Gasteiger charge is -2.26. The Hall–Kier alpha value is -2.37. The maximum absolute atomic E-state index is 13.4. The summed E-state index contributed by atoms with van der Waals surface area (Å²) >= 11 is 2.84. The molecule has 1 amide bonds. The molecule has 3 unspecified atom stereocenters. The smallest absolute Gasteiger partial charge is 0.263 e. The lowest BCUT2D eigenvalue weighted by atomic mass is 9.91. The molecule has 0 spiro atoms. The zero-order valence-electron chi connectivity index (χ0n) is 18.4. The van der Waals surface area contributed by atoms with Crippen LogP contribution in [0.2, 0.25) is 0 Å². The number of fused-ring (bicyclic) bond motifs is 2. The van der Waals surface area contributed by atoms with E-state index in [0.717, 1.165) is 44.5 Å². The molecule has 0 saturated carbocycles. The van der Waals surface area contributed by atoms with Gasteiger partial charge in [-0.05, 0) is 44.9 Å². The van der Waals surface area contributed by atoms with Gasteiger partial charge in [-0.1, -0.05) is 6.07 Å². The maximum atomic E-state index is 13.4. The number of likely N-dealkylation sites (N-methyl/N-ethyl adjacent to an activating group) is 1. The van der Waals surface area contributed by atoms with Gasteiger partial charge in [-0.3, -0.25) is 4.79 Å². The Bertz CT molecular complexity index is 1200. The highest BCUT2D eigenvalue weighted by Gasteiger charge is 2.38. The van der Waals surface area contributed by atoms with Gasteiger partial charge in [0.15, 0.2) is 0 Å². The van der Waals surface area contributed by atoms with Crippen LogP contribution in [0.5, 0.6) is 0 Å². The molecule has 1 fully saturated rings. The van der Waals surface area contributed by atoms with E-state index < -0.39 is 12.3 Å². The van der Waals surface area contributed by atoms with Gasteiger partial charge in [0.1, 0.15) is 15.5 Å². The monoisotopic (exact) mass is 492 g/mol. The summed E-state index contributed by atoms with van der Waals surface area (Å²) in [6, 6.07) is 3.67. The van der Waals surface area contributed by atoms with E-state index in [9.17, 15) is 13.6 Å². The van der Waals surface area contributed by atoms with Gasteiger partial charge in [-0.25, -0.2) is 18.7 Å². The number of hydrogen-bond acceptors (Lipinski definition) is 8. The highest BCUT2D eigenvalue weighted by Crippen LogP contribution is 2.37. The average Bonchev–Trinajstić information content (AvgIpc) is 3.47. The number of nitrogens with two attached hydrogens (primary N) is 1. The second-order valence-corrected chi connectivity index (χ2v) is 10.9. The number of halogens is 2. The Kier molecular flexibility index (Phi) is 5.96. The van der Waals surface area contributed by atoms with Crippen LogP contribution in [0.25, 0.3) is 9.53 Å². The zero-order chi connectivity index (χ0) is 23.3. The Morgan fingerprint density at radius 1 is 1.27 bits per heavy atom. The number of anilines is 2. The van der Waals surface area contributed by atoms with Crippen molar-refractivity contribution in [1.29, 1.82) is 0 Å². The molecule has 3 atom stereocenters. The first-order chi connectivity index (χ1) is 15.8. The van der Waals surface area contributed by atoms with Crippen LogP contribution in [0.1, 0.15) is 32.4 Å². The molecule has 3 aromatic heterocycles. The molecule has 4 heterocycles. The van der Waals surface area contributed by atoms with Crippen molar-refractivity contribution in [2.75, 3.05) is 30.8 Å². The first-order valence-electron chi connectivity index (χ1n) is 11.0. The molecule has 0 aromatic carbocycles. The summed E-state index contributed by atoms with van der Waals surface area (Å²) in [7, 11) is 1.73. The second-order valence-electron chi connectivity index (χ2n) is 8.70. The number of aryl methyl sites for hydroxylation is 2. The van der Waals surface area contributed by atoms with Crippen LogP contribution < -0.4 is 21.3 Å². The number of aromatic nitrogens is 2. The van der Waals surface area contributed by atoms with Crippen molar-refractivity contribution in [1.82, 2.24) is 20.6 Å². The number of thiazole rings is 1. The fraction of sp³-hybridized carbons (Fsp3) is 0.500. The van der Waals surface area contributed by atoms with Gasteiger partial charge < -0.3 is 21.3 Å². The minimum Gasteiger partial charge on any atom is -0.396 e. The number of nitrogens with one attached hydrogen (secondary N) is 2. The number of carbonyl (C=O) groups excluding carboxylic acids is 1. The Balaban J connectivity index is 1.26. The van der Waals surface area contributed by atoms with Crippen LogP contribution in [0.4, 0.5) is 20.3 Å². The van der Waals surface area contributed by atoms with Crippen molar-refractivity contribution < 1.29 is 13.6 Å². The minimum absolute atomic E-state index is 0.00412. The van der Waals surface area contributed by atoms with Gasteiger partial charge in [0.2, 0.25) is 6.43 Å². The third-order valence-corrected chi connectivity index (χ3v) is 8.80. The molecule has 3 aromatic rings. The number of hydrogen-bond donors (Lipinski definition) is 3. The van der Waals surface area contributed by atoms with Gasteiger partial charge in [-0.15, -0.1) is 22.7 Å². The van der Waals surface area contributed by atoms with Crippen LogP contribution in [0.3, 0.4) is 0 Å². The molecule has 11 heteroatoms. The zero-order valence-corrected chi connectivity index (χ0v) is 20.0. The first kappa shape index (κ1) is 22.4. The number of nitrogens with zero attached hydrogens (tertiary/aromatic N) is 3. The fourth-order valence-electron chi connectivity index (χ4n) is 4.80. The Labute approximate surface area is 198 Å². The third kappa shape index (κ3) is 4.17. The number of thiophene rings is 1. The Morgan fingerprint density at radius 2 is 2.09 bits per heavy atom. The molecule has 2 aliphatic rings. The molecule has 5 rings (SSSR count). The number of carbonyl (C=O) groups is 1. The summed E-state index contributed by atoms with van der Waals surface area (Å²) < 4.78 is 27.6. The predicted molar refractivity (Wildman–Crippen MR) is 129 cm³/mol. The largest absolute Gasteiger partial charge is 0.396 e. The van der Waals surface area contributed by atoms with E-state index in [1.807, 2.05) is 24.0 Å². The fourth-order valence-corrected chi connectivity index (χ4v) is 6.89. The number of rotatable bonds is 5. The van der Waals surface area contributed by atoms with Crippen LogP contribution in [-0.2, 0) is 12.8 Å². The third-order valence-electron chi connectivity index (χ3n) is 6.57. The lowest BCUT2D eigenvalue weighted by Crippen LogP contribution is -2.39. The van der Waals surface area contributed by atoms with Gasteiger partial charge >= 0.3 is 0 Å². The topological polar surface area (TPSA) is 96.2 Å². The van der Waals surface area contributed by atoms with Crippen LogP contribution in [-0.4, -0.2) is 54.5 Å². The van der Waals surface area contributed by atoms with Crippen molar-refractivity contribution in [2.24, 2.45) is 5.92 Å². The normalized spacial score (nSPS) is 22.8. The molecular formula is C22H26F2N6OS2. The minimum atomic E-state index is -2.36.